The van der Waals surface area contributed by atoms with Gasteiger partial charge in [0.25, 0.3) is 5.91 Å². The van der Waals surface area contributed by atoms with E-state index >= 15 is 0 Å². The molecule has 4 atom stereocenters. The topological polar surface area (TPSA) is 118 Å². The van der Waals surface area contributed by atoms with E-state index in [0.717, 1.165) is 29.6 Å². The first-order valence-corrected chi connectivity index (χ1v) is 18.6. The lowest BCUT2D eigenvalue weighted by molar-refractivity contribution is -0.156. The molecule has 2 N–H and O–H groups in total. The predicted molar refractivity (Wildman–Crippen MR) is 189 cm³/mol. The number of amides is 2. The first kappa shape index (κ1) is 34.7. The van der Waals surface area contributed by atoms with Crippen LogP contribution in [-0.2, 0) is 30.2 Å². The Balaban J connectivity index is 1.03. The van der Waals surface area contributed by atoms with E-state index in [1.165, 1.54) is 11.3 Å². The minimum absolute atomic E-state index is 0.00252. The van der Waals surface area contributed by atoms with E-state index in [9.17, 15) is 19.5 Å². The van der Waals surface area contributed by atoms with Gasteiger partial charge in [0.2, 0.25) is 5.91 Å². The number of anilines is 1. The molecular formula is C36H41Cl2N3O7S. The van der Waals surface area contributed by atoms with Gasteiger partial charge in [-0.25, -0.2) is 0 Å². The predicted octanol–water partition coefficient (Wildman–Crippen LogP) is 6.47. The van der Waals surface area contributed by atoms with Crippen LogP contribution in [0.25, 0.3) is 10.1 Å². The van der Waals surface area contributed by atoms with Gasteiger partial charge in [0.05, 0.1) is 47.4 Å². The monoisotopic (exact) mass is 729 g/mol. The van der Waals surface area contributed by atoms with Crippen molar-refractivity contribution >= 4 is 68.1 Å². The van der Waals surface area contributed by atoms with E-state index in [1.54, 1.807) is 12.1 Å². The lowest BCUT2D eigenvalue weighted by atomic mass is 9.87. The number of aliphatic carboxylic acids is 1. The first-order chi connectivity index (χ1) is 23.4. The minimum Gasteiger partial charge on any atom is -0.481 e. The van der Waals surface area contributed by atoms with Crippen molar-refractivity contribution in [1.82, 2.24) is 9.80 Å². The van der Waals surface area contributed by atoms with Gasteiger partial charge < -0.3 is 29.5 Å². The van der Waals surface area contributed by atoms with E-state index in [-0.39, 0.29) is 54.5 Å². The zero-order chi connectivity index (χ0) is 34.4. The number of halogens is 2. The summed E-state index contributed by atoms with van der Waals surface area (Å²) in [5.41, 5.74) is 1.51. The van der Waals surface area contributed by atoms with Crippen LogP contribution in [0.4, 0.5) is 5.69 Å². The van der Waals surface area contributed by atoms with E-state index in [0.29, 0.717) is 65.7 Å². The van der Waals surface area contributed by atoms with Gasteiger partial charge in [-0.3, -0.25) is 19.3 Å². The summed E-state index contributed by atoms with van der Waals surface area (Å²) in [5.74, 6) is -2.02. The summed E-state index contributed by atoms with van der Waals surface area (Å²) in [6.45, 7) is 6.27. The van der Waals surface area contributed by atoms with Crippen LogP contribution in [-0.4, -0.2) is 95.1 Å². The molecule has 3 saturated heterocycles. The molecule has 0 bridgehead atoms. The maximum absolute atomic E-state index is 14.0. The van der Waals surface area contributed by atoms with Crippen molar-refractivity contribution in [2.24, 2.45) is 5.92 Å². The Hall–Kier alpha value is -2.77. The summed E-state index contributed by atoms with van der Waals surface area (Å²) in [4.78, 5) is 42.9. The molecular weight excluding hydrogens is 689 g/mol. The average Bonchev–Trinajstić information content (AvgIpc) is 3.83. The van der Waals surface area contributed by atoms with Crippen LogP contribution >= 0.6 is 34.5 Å². The van der Waals surface area contributed by atoms with Crippen molar-refractivity contribution in [2.75, 3.05) is 31.6 Å². The number of likely N-dealkylation sites (tertiary alicyclic amines) is 2. The fourth-order valence-corrected chi connectivity index (χ4v) is 9.23. The maximum atomic E-state index is 14.0. The van der Waals surface area contributed by atoms with Crippen LogP contribution in [0.2, 0.25) is 10.0 Å². The van der Waals surface area contributed by atoms with E-state index in [4.69, 9.17) is 37.4 Å². The maximum Gasteiger partial charge on any atom is 0.306 e. The van der Waals surface area contributed by atoms with Gasteiger partial charge in [0, 0.05) is 46.2 Å². The first-order valence-electron chi connectivity index (χ1n) is 16.9. The number of benzene rings is 2. The van der Waals surface area contributed by atoms with Crippen LogP contribution < -0.4 is 5.32 Å². The largest absolute Gasteiger partial charge is 0.481 e. The number of carboxylic acids is 1. The second-order valence-electron chi connectivity index (χ2n) is 14.1. The summed E-state index contributed by atoms with van der Waals surface area (Å²) < 4.78 is 19.6. The molecule has 13 heteroatoms. The number of hydrogen-bond donors (Lipinski definition) is 2. The van der Waals surface area contributed by atoms with Gasteiger partial charge >= 0.3 is 5.97 Å². The number of carboxylic acid groups (broad SMARTS) is 1. The van der Waals surface area contributed by atoms with Crippen molar-refractivity contribution in [3.8, 4) is 0 Å². The van der Waals surface area contributed by atoms with Crippen molar-refractivity contribution < 1.29 is 33.7 Å². The number of carbonyl (C=O) groups is 3. The number of hydrogen-bond acceptors (Lipinski definition) is 8. The number of nitrogens with zero attached hydrogens (tertiary/aromatic N) is 2. The third-order valence-corrected chi connectivity index (χ3v) is 12.0. The summed E-state index contributed by atoms with van der Waals surface area (Å²) in [6, 6.07) is 10.9. The quantitative estimate of drug-likeness (QED) is 0.258. The number of rotatable bonds is 9. The Morgan fingerprint density at radius 2 is 1.73 bits per heavy atom. The van der Waals surface area contributed by atoms with Crippen LogP contribution in [0.3, 0.4) is 0 Å². The van der Waals surface area contributed by atoms with Gasteiger partial charge in [-0.15, -0.1) is 11.3 Å². The highest BCUT2D eigenvalue weighted by Gasteiger charge is 2.50. The third kappa shape index (κ3) is 7.49. The molecule has 49 heavy (non-hydrogen) atoms. The lowest BCUT2D eigenvalue weighted by Crippen LogP contribution is -2.42. The molecule has 2 aromatic carbocycles. The molecule has 0 spiro atoms. The van der Waals surface area contributed by atoms with Gasteiger partial charge in [0.15, 0.2) is 5.79 Å². The highest BCUT2D eigenvalue weighted by molar-refractivity contribution is 7.17. The Labute approximate surface area is 299 Å². The van der Waals surface area contributed by atoms with Gasteiger partial charge in [-0.1, -0.05) is 41.4 Å². The van der Waals surface area contributed by atoms with Crippen molar-refractivity contribution in [3.05, 3.63) is 63.0 Å². The molecule has 7 rings (SSSR count). The third-order valence-electron chi connectivity index (χ3n) is 10.3. The minimum atomic E-state index is -0.745. The molecule has 3 aromatic rings. The Morgan fingerprint density at radius 3 is 2.45 bits per heavy atom. The van der Waals surface area contributed by atoms with Crippen LogP contribution in [0, 0.1) is 5.92 Å². The molecule has 3 aliphatic heterocycles. The van der Waals surface area contributed by atoms with Crippen molar-refractivity contribution in [1.29, 1.82) is 0 Å². The Morgan fingerprint density at radius 1 is 1.02 bits per heavy atom. The molecule has 1 aromatic heterocycles. The normalized spacial score (nSPS) is 28.2. The molecule has 4 fully saturated rings. The van der Waals surface area contributed by atoms with Gasteiger partial charge in [-0.2, -0.15) is 0 Å². The highest BCUT2D eigenvalue weighted by atomic mass is 35.5. The summed E-state index contributed by atoms with van der Waals surface area (Å²) in [7, 11) is 0. The zero-order valence-corrected chi connectivity index (χ0v) is 29.9. The molecule has 0 radical (unpaired) electrons. The zero-order valence-electron chi connectivity index (χ0n) is 27.5. The summed E-state index contributed by atoms with van der Waals surface area (Å²) >= 11 is 14.9. The molecule has 262 valence electrons. The molecule has 2 amide bonds. The van der Waals surface area contributed by atoms with E-state index in [2.05, 4.69) is 10.2 Å². The smallest absolute Gasteiger partial charge is 0.306 e. The SMILES string of the molecule is CC1(C)O[C@H]2CN([C@H]3C[C@@H](CO[C@H]4CC[C@H](C(=O)O)CC4)N(C(=O)Cc4cc(Cl)c(NC(=O)c5csc6ccccc56)cc4Cl)C3)C[C@H]2O1. The molecule has 4 aliphatic rings. The van der Waals surface area contributed by atoms with E-state index in [1.807, 2.05) is 48.4 Å². The highest BCUT2D eigenvalue weighted by Crippen LogP contribution is 2.37. The second-order valence-corrected chi connectivity index (χ2v) is 15.8. The second kappa shape index (κ2) is 14.1. The average molecular weight is 731 g/mol. The van der Waals surface area contributed by atoms with E-state index < -0.39 is 11.8 Å². The Kier molecular flexibility index (Phi) is 9.97. The molecule has 4 heterocycles. The summed E-state index contributed by atoms with van der Waals surface area (Å²) in [6.07, 6.45) is 3.35. The lowest BCUT2D eigenvalue weighted by Gasteiger charge is -2.30. The van der Waals surface area contributed by atoms with Gasteiger partial charge in [0.1, 0.15) is 12.2 Å². The van der Waals surface area contributed by atoms with Crippen molar-refractivity contribution in [2.45, 2.75) is 88.6 Å². The summed E-state index contributed by atoms with van der Waals surface area (Å²) in [5, 5.41) is 15.6. The van der Waals surface area contributed by atoms with Gasteiger partial charge in [-0.05, 0) is 69.7 Å². The van der Waals surface area contributed by atoms with Crippen LogP contribution in [0.5, 0.6) is 0 Å². The number of fused-ring (bicyclic) bond motifs is 2. The fraction of sp³-hybridized carbons (Fsp3) is 0.528. The number of carbonyl (C=O) groups excluding carboxylic acids is 2. The molecule has 1 aliphatic carbocycles. The van der Waals surface area contributed by atoms with Crippen LogP contribution in [0.15, 0.2) is 41.8 Å². The number of nitrogens with one attached hydrogen (secondary N) is 1. The fourth-order valence-electron chi connectivity index (χ4n) is 7.82. The van der Waals surface area contributed by atoms with Crippen LogP contribution in [0.1, 0.15) is 61.9 Å². The number of thiophene rings is 1. The molecule has 10 nitrogen and oxygen atoms in total. The molecule has 0 unspecified atom stereocenters. The standard InChI is InChI=1S/C36H41Cl2N3O7S/c1-36(2)47-30-16-40(17-31(30)48-36)22-13-23(18-46-24-9-7-20(8-10-24)35(44)45)41(15-22)33(42)12-21-11-28(38)29(14-27(21)37)39-34(43)26-19-49-32-6-4-3-5-25(26)32/h3-6,11,14,19-20,22-24,30-31H,7-10,12-13,15-18H2,1-2H3,(H,39,43)(H,44,45)/t20-,22-,23-,24-,30-,31+/m0/s1. The Bertz CT molecular complexity index is 1730. The van der Waals surface area contributed by atoms with Crippen molar-refractivity contribution in [3.63, 3.8) is 0 Å². The number of ether oxygens (including phenoxy) is 3. The molecule has 1 saturated carbocycles.